The Balaban J connectivity index is 1.97. The number of anilines is 1. The predicted molar refractivity (Wildman–Crippen MR) is 84.7 cm³/mol. The molecule has 2 heterocycles. The quantitative estimate of drug-likeness (QED) is 0.904. The number of phenolic OH excluding ortho intramolecular Hbond substituents is 1. The van der Waals surface area contributed by atoms with Crippen molar-refractivity contribution >= 4 is 27.3 Å². The minimum Gasteiger partial charge on any atom is -0.507 e. The molecule has 1 aliphatic heterocycles. The third-order valence-corrected chi connectivity index (χ3v) is 4.19. The molecule has 3 rings (SSSR count). The SMILES string of the molecule is C=C(c1ccc(O)c(Br)c1)N1CCCc2ncccc21. The molecule has 1 aliphatic rings. The Hall–Kier alpha value is -1.81. The van der Waals surface area contributed by atoms with Gasteiger partial charge in [-0.15, -0.1) is 0 Å². The van der Waals surface area contributed by atoms with E-state index in [1.165, 1.54) is 0 Å². The lowest BCUT2D eigenvalue weighted by Crippen LogP contribution is -2.27. The minimum absolute atomic E-state index is 0.238. The monoisotopic (exact) mass is 330 g/mol. The zero-order chi connectivity index (χ0) is 14.1. The number of aromatic nitrogens is 1. The van der Waals surface area contributed by atoms with Gasteiger partial charge in [-0.05, 0) is 64.7 Å². The van der Waals surface area contributed by atoms with E-state index in [4.69, 9.17) is 0 Å². The van der Waals surface area contributed by atoms with E-state index in [1.54, 1.807) is 6.07 Å². The van der Waals surface area contributed by atoms with Gasteiger partial charge in [0.1, 0.15) is 5.75 Å². The predicted octanol–water partition coefficient (Wildman–Crippen LogP) is 3.97. The number of halogens is 1. The number of rotatable bonds is 2. The van der Waals surface area contributed by atoms with Gasteiger partial charge in [0.05, 0.1) is 15.9 Å². The third kappa shape index (κ3) is 2.31. The number of phenols is 1. The average molecular weight is 331 g/mol. The molecule has 0 unspecified atom stereocenters. The van der Waals surface area contributed by atoms with Gasteiger partial charge >= 0.3 is 0 Å². The number of benzene rings is 1. The summed E-state index contributed by atoms with van der Waals surface area (Å²) in [6.45, 7) is 5.15. The van der Waals surface area contributed by atoms with E-state index in [1.807, 2.05) is 24.4 Å². The number of hydrogen-bond donors (Lipinski definition) is 1. The molecule has 102 valence electrons. The fourth-order valence-corrected chi connectivity index (χ4v) is 2.89. The number of aromatic hydroxyl groups is 1. The Bertz CT molecular complexity index is 669. The first-order valence-electron chi connectivity index (χ1n) is 6.56. The summed E-state index contributed by atoms with van der Waals surface area (Å²) in [5.41, 5.74) is 4.18. The Morgan fingerprint density at radius 1 is 1.35 bits per heavy atom. The van der Waals surface area contributed by atoms with Gasteiger partial charge in [0.25, 0.3) is 0 Å². The summed E-state index contributed by atoms with van der Waals surface area (Å²) in [4.78, 5) is 6.64. The fraction of sp³-hybridized carbons (Fsp3) is 0.188. The maximum absolute atomic E-state index is 9.59. The van der Waals surface area contributed by atoms with Crippen LogP contribution in [0, 0.1) is 0 Å². The summed E-state index contributed by atoms with van der Waals surface area (Å²) in [5, 5.41) is 9.59. The molecule has 0 aliphatic carbocycles. The van der Waals surface area contributed by atoms with Crippen LogP contribution in [0.3, 0.4) is 0 Å². The normalized spacial score (nSPS) is 13.9. The topological polar surface area (TPSA) is 36.4 Å². The van der Waals surface area contributed by atoms with Crippen LogP contribution in [0.2, 0.25) is 0 Å². The standard InChI is InChI=1S/C16H15BrN2O/c1-11(12-6-7-16(20)13(17)10-12)19-9-3-4-14-15(19)5-2-8-18-14/h2,5-8,10,20H,1,3-4,9H2. The van der Waals surface area contributed by atoms with Crippen molar-refractivity contribution in [3.8, 4) is 5.75 Å². The summed E-state index contributed by atoms with van der Waals surface area (Å²) in [5.74, 6) is 0.238. The van der Waals surface area contributed by atoms with Crippen molar-refractivity contribution in [3.63, 3.8) is 0 Å². The number of pyridine rings is 1. The van der Waals surface area contributed by atoms with E-state index >= 15 is 0 Å². The molecule has 0 fully saturated rings. The van der Waals surface area contributed by atoms with Gasteiger partial charge in [-0.2, -0.15) is 0 Å². The highest BCUT2D eigenvalue weighted by molar-refractivity contribution is 9.10. The summed E-state index contributed by atoms with van der Waals surface area (Å²) < 4.78 is 0.680. The van der Waals surface area contributed by atoms with E-state index in [9.17, 15) is 5.11 Å². The Morgan fingerprint density at radius 2 is 2.20 bits per heavy atom. The Kier molecular flexibility index (Phi) is 3.49. The van der Waals surface area contributed by atoms with Gasteiger partial charge in [0, 0.05) is 18.4 Å². The Labute approximate surface area is 126 Å². The second-order valence-electron chi connectivity index (χ2n) is 4.84. The smallest absolute Gasteiger partial charge is 0.129 e. The number of hydrogen-bond acceptors (Lipinski definition) is 3. The maximum atomic E-state index is 9.59. The summed E-state index contributed by atoms with van der Waals surface area (Å²) in [6, 6.07) is 9.49. The Morgan fingerprint density at radius 3 is 3.00 bits per heavy atom. The largest absolute Gasteiger partial charge is 0.507 e. The first-order chi connectivity index (χ1) is 9.66. The van der Waals surface area contributed by atoms with E-state index < -0.39 is 0 Å². The van der Waals surface area contributed by atoms with Crippen molar-refractivity contribution < 1.29 is 5.11 Å². The molecule has 3 nitrogen and oxygen atoms in total. The highest BCUT2D eigenvalue weighted by Crippen LogP contribution is 2.34. The highest BCUT2D eigenvalue weighted by atomic mass is 79.9. The van der Waals surface area contributed by atoms with Crippen molar-refractivity contribution in [3.05, 3.63) is 58.8 Å². The second-order valence-corrected chi connectivity index (χ2v) is 5.69. The van der Waals surface area contributed by atoms with Crippen LogP contribution in [0.5, 0.6) is 5.75 Å². The van der Waals surface area contributed by atoms with Crippen LogP contribution < -0.4 is 4.90 Å². The van der Waals surface area contributed by atoms with Crippen LogP contribution in [0.1, 0.15) is 17.7 Å². The molecule has 1 aromatic heterocycles. The molecular formula is C16H15BrN2O. The first kappa shape index (κ1) is 13.2. The lowest BCUT2D eigenvalue weighted by Gasteiger charge is -2.32. The molecule has 0 spiro atoms. The van der Waals surface area contributed by atoms with Crippen LogP contribution >= 0.6 is 15.9 Å². The van der Waals surface area contributed by atoms with Crippen LogP contribution in [-0.2, 0) is 6.42 Å². The van der Waals surface area contributed by atoms with Gasteiger partial charge in [-0.3, -0.25) is 4.98 Å². The molecule has 1 aromatic carbocycles. The van der Waals surface area contributed by atoms with Gasteiger partial charge in [-0.1, -0.05) is 6.58 Å². The van der Waals surface area contributed by atoms with Crippen LogP contribution in [-0.4, -0.2) is 16.6 Å². The highest BCUT2D eigenvalue weighted by Gasteiger charge is 2.20. The number of nitrogens with zero attached hydrogens (tertiary/aromatic N) is 2. The lowest BCUT2D eigenvalue weighted by atomic mass is 10.0. The fourth-order valence-electron chi connectivity index (χ4n) is 2.52. The number of fused-ring (bicyclic) bond motifs is 1. The van der Waals surface area contributed by atoms with Gasteiger partial charge in [-0.25, -0.2) is 0 Å². The van der Waals surface area contributed by atoms with Crippen molar-refractivity contribution in [2.75, 3.05) is 11.4 Å². The van der Waals surface area contributed by atoms with Crippen molar-refractivity contribution in [2.24, 2.45) is 0 Å². The molecule has 0 amide bonds. The van der Waals surface area contributed by atoms with Gasteiger partial charge in [0.15, 0.2) is 0 Å². The molecule has 20 heavy (non-hydrogen) atoms. The van der Waals surface area contributed by atoms with E-state index in [-0.39, 0.29) is 5.75 Å². The molecule has 1 N–H and O–H groups in total. The minimum atomic E-state index is 0.238. The summed E-state index contributed by atoms with van der Waals surface area (Å²) in [7, 11) is 0. The van der Waals surface area contributed by atoms with Crippen LogP contribution in [0.15, 0.2) is 47.6 Å². The van der Waals surface area contributed by atoms with Crippen molar-refractivity contribution in [1.29, 1.82) is 0 Å². The average Bonchev–Trinajstić information content (AvgIpc) is 2.49. The molecule has 0 saturated carbocycles. The number of aryl methyl sites for hydroxylation is 1. The zero-order valence-corrected chi connectivity index (χ0v) is 12.6. The lowest BCUT2D eigenvalue weighted by molar-refractivity contribution is 0.472. The van der Waals surface area contributed by atoms with Gasteiger partial charge < -0.3 is 10.0 Å². The van der Waals surface area contributed by atoms with Crippen molar-refractivity contribution in [2.45, 2.75) is 12.8 Å². The molecule has 2 aromatic rings. The van der Waals surface area contributed by atoms with Crippen molar-refractivity contribution in [1.82, 2.24) is 4.98 Å². The molecular weight excluding hydrogens is 316 g/mol. The molecule has 0 radical (unpaired) electrons. The van der Waals surface area contributed by atoms with E-state index in [2.05, 4.69) is 38.5 Å². The van der Waals surface area contributed by atoms with Crippen LogP contribution in [0.4, 0.5) is 5.69 Å². The molecule has 0 saturated heterocycles. The zero-order valence-electron chi connectivity index (χ0n) is 11.0. The summed E-state index contributed by atoms with van der Waals surface area (Å²) in [6.07, 6.45) is 3.92. The maximum Gasteiger partial charge on any atom is 0.129 e. The van der Waals surface area contributed by atoms with Gasteiger partial charge in [0.2, 0.25) is 0 Å². The molecule has 0 bridgehead atoms. The molecule has 0 atom stereocenters. The second kappa shape index (κ2) is 5.29. The molecule has 4 heteroatoms. The summed E-state index contributed by atoms with van der Waals surface area (Å²) >= 11 is 3.35. The van der Waals surface area contributed by atoms with E-state index in [0.29, 0.717) is 4.47 Å². The third-order valence-electron chi connectivity index (χ3n) is 3.56. The van der Waals surface area contributed by atoms with Crippen LogP contribution in [0.25, 0.3) is 5.70 Å². The first-order valence-corrected chi connectivity index (χ1v) is 7.35. The van der Waals surface area contributed by atoms with E-state index in [0.717, 1.165) is 42.0 Å².